The number of aliphatic hydroxyl groups is 1. The molecule has 1 aromatic rings. The number of carbonyl (C=O) groups is 2. The minimum Gasteiger partial charge on any atom is -0.484 e. The van der Waals surface area contributed by atoms with Gasteiger partial charge in [0.1, 0.15) is 5.75 Å². The van der Waals surface area contributed by atoms with Gasteiger partial charge >= 0.3 is 0 Å². The van der Waals surface area contributed by atoms with Gasteiger partial charge in [0, 0.05) is 18.2 Å². The van der Waals surface area contributed by atoms with Crippen LogP contribution in [0.25, 0.3) is 0 Å². The number of amides is 2. The van der Waals surface area contributed by atoms with Gasteiger partial charge in [-0.05, 0) is 37.1 Å². The average molecular weight is 280 g/mol. The first-order chi connectivity index (χ1) is 9.56. The van der Waals surface area contributed by atoms with Crippen molar-refractivity contribution in [3.63, 3.8) is 0 Å². The van der Waals surface area contributed by atoms with Crippen molar-refractivity contribution in [2.24, 2.45) is 5.73 Å². The van der Waals surface area contributed by atoms with Crippen LogP contribution in [0.15, 0.2) is 24.3 Å². The molecule has 0 spiro atoms. The lowest BCUT2D eigenvalue weighted by atomic mass is 10.1. The van der Waals surface area contributed by atoms with Crippen molar-refractivity contribution in [1.29, 1.82) is 0 Å². The third kappa shape index (κ3) is 5.27. The largest absolute Gasteiger partial charge is 0.484 e. The maximum Gasteiger partial charge on any atom is 0.255 e. The monoisotopic (exact) mass is 280 g/mol. The van der Waals surface area contributed by atoms with Crippen LogP contribution in [-0.4, -0.2) is 36.2 Å². The zero-order valence-electron chi connectivity index (χ0n) is 11.5. The highest BCUT2D eigenvalue weighted by Crippen LogP contribution is 2.12. The molecule has 0 aromatic heterocycles. The first-order valence-electron chi connectivity index (χ1n) is 6.49. The Morgan fingerprint density at radius 3 is 2.50 bits per heavy atom. The predicted molar refractivity (Wildman–Crippen MR) is 74.4 cm³/mol. The number of hydrogen-bond acceptors (Lipinski definition) is 4. The molecule has 0 heterocycles. The summed E-state index contributed by atoms with van der Waals surface area (Å²) in [7, 11) is 0. The van der Waals surface area contributed by atoms with E-state index in [4.69, 9.17) is 15.6 Å². The lowest BCUT2D eigenvalue weighted by molar-refractivity contribution is -0.119. The van der Waals surface area contributed by atoms with Gasteiger partial charge in [-0.15, -0.1) is 0 Å². The summed E-state index contributed by atoms with van der Waals surface area (Å²) in [5.74, 6) is -0.281. The Morgan fingerprint density at radius 1 is 1.35 bits per heavy atom. The van der Waals surface area contributed by atoms with Gasteiger partial charge in [-0.2, -0.15) is 0 Å². The van der Waals surface area contributed by atoms with Crippen LogP contribution in [0.1, 0.15) is 30.1 Å². The number of primary amides is 1. The molecule has 6 heteroatoms. The van der Waals surface area contributed by atoms with E-state index in [-0.39, 0.29) is 25.2 Å². The normalized spacial score (nSPS) is 11.7. The average Bonchev–Trinajstić information content (AvgIpc) is 2.45. The molecule has 0 aliphatic rings. The smallest absolute Gasteiger partial charge is 0.255 e. The van der Waals surface area contributed by atoms with Gasteiger partial charge in [-0.25, -0.2) is 0 Å². The fourth-order valence-corrected chi connectivity index (χ4v) is 1.66. The van der Waals surface area contributed by atoms with Crippen LogP contribution in [0.2, 0.25) is 0 Å². The van der Waals surface area contributed by atoms with E-state index in [0.717, 1.165) is 6.42 Å². The topological polar surface area (TPSA) is 102 Å². The Balaban J connectivity index is 2.58. The van der Waals surface area contributed by atoms with Crippen LogP contribution in [0.5, 0.6) is 5.75 Å². The van der Waals surface area contributed by atoms with Crippen molar-refractivity contribution in [2.75, 3.05) is 13.2 Å². The van der Waals surface area contributed by atoms with E-state index < -0.39 is 5.91 Å². The van der Waals surface area contributed by atoms with Crippen LogP contribution in [0.3, 0.4) is 0 Å². The lowest BCUT2D eigenvalue weighted by Gasteiger charge is -2.15. The number of rotatable bonds is 8. The number of nitrogens with two attached hydrogens (primary N) is 1. The standard InChI is InChI=1S/C14H20N2O4/c1-2-11(7-8-17)16-14(19)10-3-5-12(6-4-10)20-9-13(15)18/h3-6,11,17H,2,7-9H2,1H3,(H2,15,18)(H,16,19). The highest BCUT2D eigenvalue weighted by Gasteiger charge is 2.11. The number of benzene rings is 1. The third-order valence-corrected chi connectivity index (χ3v) is 2.80. The third-order valence-electron chi connectivity index (χ3n) is 2.80. The molecule has 0 fully saturated rings. The van der Waals surface area contributed by atoms with E-state index in [1.165, 1.54) is 0 Å². The molecule has 1 rings (SSSR count). The van der Waals surface area contributed by atoms with E-state index in [1.807, 2.05) is 6.92 Å². The highest BCUT2D eigenvalue weighted by atomic mass is 16.5. The van der Waals surface area contributed by atoms with Crippen molar-refractivity contribution in [3.05, 3.63) is 29.8 Å². The molecule has 0 aliphatic carbocycles. The molecule has 4 N–H and O–H groups in total. The van der Waals surface area contributed by atoms with Crippen LogP contribution in [0, 0.1) is 0 Å². The first-order valence-corrected chi connectivity index (χ1v) is 6.49. The molecule has 20 heavy (non-hydrogen) atoms. The van der Waals surface area contributed by atoms with Crippen LogP contribution >= 0.6 is 0 Å². The molecular weight excluding hydrogens is 260 g/mol. The molecule has 6 nitrogen and oxygen atoms in total. The van der Waals surface area contributed by atoms with E-state index >= 15 is 0 Å². The number of ether oxygens (including phenoxy) is 1. The fraction of sp³-hybridized carbons (Fsp3) is 0.429. The molecular formula is C14H20N2O4. The molecule has 0 saturated heterocycles. The summed E-state index contributed by atoms with van der Waals surface area (Å²) in [5, 5.41) is 11.7. The summed E-state index contributed by atoms with van der Waals surface area (Å²) < 4.78 is 5.10. The summed E-state index contributed by atoms with van der Waals surface area (Å²) in [4.78, 5) is 22.5. The van der Waals surface area contributed by atoms with Gasteiger partial charge in [-0.3, -0.25) is 9.59 Å². The Morgan fingerprint density at radius 2 is 2.00 bits per heavy atom. The molecule has 0 aliphatic heterocycles. The van der Waals surface area contributed by atoms with Crippen molar-refractivity contribution in [1.82, 2.24) is 5.32 Å². The van der Waals surface area contributed by atoms with Gasteiger partial charge in [0.05, 0.1) is 0 Å². The fourth-order valence-electron chi connectivity index (χ4n) is 1.66. The van der Waals surface area contributed by atoms with Gasteiger partial charge in [0.25, 0.3) is 11.8 Å². The summed E-state index contributed by atoms with van der Waals surface area (Å²) in [6, 6.07) is 6.38. The molecule has 110 valence electrons. The van der Waals surface area contributed by atoms with Crippen LogP contribution in [-0.2, 0) is 4.79 Å². The van der Waals surface area contributed by atoms with Crippen molar-refractivity contribution in [3.8, 4) is 5.75 Å². The number of aliphatic hydroxyl groups excluding tert-OH is 1. The maximum atomic E-state index is 12.0. The molecule has 2 amide bonds. The molecule has 1 atom stereocenters. The van der Waals surface area contributed by atoms with Crippen molar-refractivity contribution >= 4 is 11.8 Å². The summed E-state index contributed by atoms with van der Waals surface area (Å²) in [5.41, 5.74) is 5.46. The van der Waals surface area contributed by atoms with Gasteiger partial charge in [-0.1, -0.05) is 6.92 Å². The van der Waals surface area contributed by atoms with E-state index in [1.54, 1.807) is 24.3 Å². The molecule has 0 radical (unpaired) electrons. The van der Waals surface area contributed by atoms with Gasteiger partial charge < -0.3 is 20.9 Å². The van der Waals surface area contributed by atoms with E-state index in [0.29, 0.717) is 17.7 Å². The lowest BCUT2D eigenvalue weighted by Crippen LogP contribution is -2.35. The van der Waals surface area contributed by atoms with Crippen LogP contribution < -0.4 is 15.8 Å². The maximum absolute atomic E-state index is 12.0. The Bertz CT molecular complexity index is 445. The summed E-state index contributed by atoms with van der Waals surface area (Å²) in [6.45, 7) is 1.79. The molecule has 0 saturated carbocycles. The Hall–Kier alpha value is -2.08. The zero-order valence-corrected chi connectivity index (χ0v) is 11.5. The second kappa shape index (κ2) is 8.16. The minimum absolute atomic E-state index is 0.0404. The molecule has 1 aromatic carbocycles. The summed E-state index contributed by atoms with van der Waals surface area (Å²) in [6.07, 6.45) is 1.29. The molecule has 0 bridgehead atoms. The predicted octanol–water partition coefficient (Wildman–Crippen LogP) is 0.442. The SMILES string of the molecule is CCC(CCO)NC(=O)c1ccc(OCC(N)=O)cc1. The van der Waals surface area contributed by atoms with Gasteiger partial charge in [0.2, 0.25) is 0 Å². The quantitative estimate of drug-likeness (QED) is 0.643. The highest BCUT2D eigenvalue weighted by molar-refractivity contribution is 5.94. The molecule has 1 unspecified atom stereocenters. The number of carbonyl (C=O) groups excluding carboxylic acids is 2. The zero-order chi connectivity index (χ0) is 15.0. The van der Waals surface area contributed by atoms with E-state index in [2.05, 4.69) is 5.32 Å². The Labute approximate surface area is 117 Å². The van der Waals surface area contributed by atoms with Crippen LogP contribution in [0.4, 0.5) is 0 Å². The first kappa shape index (κ1) is 16.0. The minimum atomic E-state index is -0.554. The summed E-state index contributed by atoms with van der Waals surface area (Å²) >= 11 is 0. The Kier molecular flexibility index (Phi) is 6.52. The van der Waals surface area contributed by atoms with Crippen molar-refractivity contribution < 1.29 is 19.4 Å². The van der Waals surface area contributed by atoms with Crippen molar-refractivity contribution in [2.45, 2.75) is 25.8 Å². The number of nitrogens with one attached hydrogen (secondary N) is 1. The second-order valence-electron chi connectivity index (χ2n) is 4.37. The van der Waals surface area contributed by atoms with E-state index in [9.17, 15) is 9.59 Å². The number of hydrogen-bond donors (Lipinski definition) is 3. The second-order valence-corrected chi connectivity index (χ2v) is 4.37. The van der Waals surface area contributed by atoms with Gasteiger partial charge in [0.15, 0.2) is 6.61 Å².